The quantitative estimate of drug-likeness (QED) is 0.583. The molecule has 1 saturated carbocycles. The van der Waals surface area contributed by atoms with E-state index < -0.39 is 8.03 Å². The van der Waals surface area contributed by atoms with Crippen molar-refractivity contribution in [2.24, 2.45) is 11.8 Å². The molecule has 2 fully saturated rings. The van der Waals surface area contributed by atoms with Crippen molar-refractivity contribution in [3.8, 4) is 0 Å². The van der Waals surface area contributed by atoms with E-state index in [0.29, 0.717) is 24.3 Å². The van der Waals surface area contributed by atoms with Gasteiger partial charge < -0.3 is 4.90 Å². The highest BCUT2D eigenvalue weighted by Gasteiger charge is 2.34. The van der Waals surface area contributed by atoms with Crippen LogP contribution in [0.3, 0.4) is 0 Å². The third-order valence-corrected chi connectivity index (χ3v) is 7.61. The highest BCUT2D eigenvalue weighted by molar-refractivity contribution is 7.38. The number of benzene rings is 1. The largest absolute Gasteiger partial charge is 0.505 e. The molecule has 1 N–H and O–H groups in total. The molecule has 4 atom stereocenters. The second-order valence-corrected chi connectivity index (χ2v) is 9.90. The average molecular weight is 405 g/mol. The van der Waals surface area contributed by atoms with Crippen LogP contribution in [0.15, 0.2) is 30.3 Å². The van der Waals surface area contributed by atoms with E-state index in [-0.39, 0.29) is 18.0 Å². The van der Waals surface area contributed by atoms with Crippen LogP contribution in [-0.2, 0) is 9.36 Å². The first-order valence-corrected chi connectivity index (χ1v) is 12.4. The molecule has 3 rings (SSSR count). The Bertz CT molecular complexity index is 645. The Kier molecular flexibility index (Phi) is 8.05. The molecule has 1 aromatic rings. The van der Waals surface area contributed by atoms with Crippen LogP contribution < -0.4 is 0 Å². The summed E-state index contributed by atoms with van der Waals surface area (Å²) in [6.07, 6.45) is 9.94. The topological polar surface area (TPSA) is 57.6 Å². The molecule has 28 heavy (non-hydrogen) atoms. The van der Waals surface area contributed by atoms with Gasteiger partial charge in [-0.15, -0.1) is 0 Å². The fourth-order valence-electron chi connectivity index (χ4n) is 5.31. The van der Waals surface area contributed by atoms with E-state index in [4.69, 9.17) is 0 Å². The van der Waals surface area contributed by atoms with Gasteiger partial charge in [0.1, 0.15) is 0 Å². The fraction of sp³-hybridized carbons (Fsp3) is 0.696. The summed E-state index contributed by atoms with van der Waals surface area (Å²) in [7, 11) is -2.23. The van der Waals surface area contributed by atoms with Gasteiger partial charge in [0.05, 0.1) is 0 Å². The van der Waals surface area contributed by atoms with Gasteiger partial charge >= 0.3 is 8.03 Å². The Balaban J connectivity index is 1.74. The summed E-state index contributed by atoms with van der Waals surface area (Å²) >= 11 is 0. The molecule has 0 aromatic heterocycles. The molecule has 2 aliphatic rings. The molecule has 4 nitrogen and oxygen atoms in total. The molecule has 1 aliphatic carbocycles. The van der Waals surface area contributed by atoms with Gasteiger partial charge in [-0.3, -0.25) is 4.79 Å². The maximum absolute atomic E-state index is 12.9. The fourth-order valence-corrected chi connectivity index (χ4v) is 6.03. The Hall–Kier alpha value is -1.25. The first kappa shape index (κ1) is 21.5. The first-order chi connectivity index (χ1) is 13.5. The summed E-state index contributed by atoms with van der Waals surface area (Å²) in [6.45, 7) is 2.95. The second kappa shape index (κ2) is 10.5. The molecule has 0 bridgehead atoms. The number of likely N-dealkylation sites (tertiary alicyclic amines) is 1. The Morgan fingerprint density at radius 2 is 1.86 bits per heavy atom. The van der Waals surface area contributed by atoms with E-state index >= 15 is 0 Å². The molecule has 1 heterocycles. The van der Waals surface area contributed by atoms with E-state index in [2.05, 4.69) is 31.2 Å². The van der Waals surface area contributed by atoms with Crippen LogP contribution >= 0.6 is 8.03 Å². The SMILES string of the molecule is C[C@@H]1CCCN1C(=O)CC(C[C@H](c1ccccc1)C1CCCCC1)C[P+](=O)O. The lowest BCUT2D eigenvalue weighted by atomic mass is 9.73. The minimum Gasteiger partial charge on any atom is -0.340 e. The molecular weight excluding hydrogens is 369 g/mol. The highest BCUT2D eigenvalue weighted by Crippen LogP contribution is 2.41. The van der Waals surface area contributed by atoms with Crippen LogP contribution in [0.2, 0.25) is 0 Å². The van der Waals surface area contributed by atoms with Crippen molar-refractivity contribution >= 4 is 13.9 Å². The zero-order valence-electron chi connectivity index (χ0n) is 17.1. The Morgan fingerprint density at radius 3 is 2.46 bits per heavy atom. The minimum absolute atomic E-state index is 0.0268. The maximum atomic E-state index is 12.9. The number of amides is 1. The molecule has 0 radical (unpaired) electrons. The monoisotopic (exact) mass is 404 g/mol. The van der Waals surface area contributed by atoms with Gasteiger partial charge in [-0.1, -0.05) is 49.6 Å². The van der Waals surface area contributed by atoms with Gasteiger partial charge in [-0.25, -0.2) is 0 Å². The summed E-state index contributed by atoms with van der Waals surface area (Å²) in [6, 6.07) is 10.9. The van der Waals surface area contributed by atoms with Crippen molar-refractivity contribution < 1.29 is 14.3 Å². The molecule has 1 saturated heterocycles. The lowest BCUT2D eigenvalue weighted by Crippen LogP contribution is -2.35. The predicted octanol–water partition coefficient (Wildman–Crippen LogP) is 5.49. The van der Waals surface area contributed by atoms with E-state index in [1.54, 1.807) is 0 Å². The summed E-state index contributed by atoms with van der Waals surface area (Å²) in [5, 5.41) is 0. The normalized spacial score (nSPS) is 23.4. The number of nitrogens with zero attached hydrogens (tertiary/aromatic N) is 1. The standard InChI is InChI=1S/C23H34NO3P/c1-18-9-8-14-24(18)23(25)16-19(17-28(26)27)15-22(20-10-4-2-5-11-20)21-12-6-3-7-13-21/h2,4-5,10-11,18-19,21-22H,3,6-9,12-17H2,1H3/p+1/t18-,19?,22-/m1/s1. The molecule has 0 spiro atoms. The molecular formula is C23H35NO3P+. The summed E-state index contributed by atoms with van der Waals surface area (Å²) < 4.78 is 11.7. The smallest absolute Gasteiger partial charge is 0.340 e. The molecule has 1 aromatic carbocycles. The molecule has 5 heteroatoms. The summed E-state index contributed by atoms with van der Waals surface area (Å²) in [5.41, 5.74) is 1.33. The van der Waals surface area contributed by atoms with Gasteiger partial charge in [-0.2, -0.15) is 4.89 Å². The van der Waals surface area contributed by atoms with Gasteiger partial charge in [0.2, 0.25) is 5.91 Å². The second-order valence-electron chi connectivity index (χ2n) is 8.83. The van der Waals surface area contributed by atoms with Crippen LogP contribution in [-0.4, -0.2) is 34.4 Å². The van der Waals surface area contributed by atoms with Crippen LogP contribution in [0, 0.1) is 11.8 Å². The van der Waals surface area contributed by atoms with E-state index in [1.165, 1.54) is 37.7 Å². The number of carbonyl (C=O) groups excluding carboxylic acids is 1. The van der Waals surface area contributed by atoms with E-state index in [9.17, 15) is 14.3 Å². The molecule has 1 aliphatic heterocycles. The average Bonchev–Trinajstić information content (AvgIpc) is 3.13. The third kappa shape index (κ3) is 5.87. The van der Waals surface area contributed by atoms with Crippen molar-refractivity contribution in [2.45, 2.75) is 76.7 Å². The maximum Gasteiger partial charge on any atom is 0.505 e. The van der Waals surface area contributed by atoms with Crippen LogP contribution in [0.25, 0.3) is 0 Å². The number of hydrogen-bond acceptors (Lipinski definition) is 2. The van der Waals surface area contributed by atoms with Crippen molar-refractivity contribution in [1.29, 1.82) is 0 Å². The van der Waals surface area contributed by atoms with Gasteiger partial charge in [0.15, 0.2) is 6.16 Å². The molecule has 2 unspecified atom stereocenters. The van der Waals surface area contributed by atoms with Gasteiger partial charge in [-0.05, 0) is 61.0 Å². The van der Waals surface area contributed by atoms with Crippen molar-refractivity contribution in [1.82, 2.24) is 4.90 Å². The Morgan fingerprint density at radius 1 is 1.14 bits per heavy atom. The van der Waals surface area contributed by atoms with Crippen molar-refractivity contribution in [3.05, 3.63) is 35.9 Å². The van der Waals surface area contributed by atoms with Gasteiger partial charge in [0.25, 0.3) is 0 Å². The number of rotatable bonds is 8. The first-order valence-electron chi connectivity index (χ1n) is 11.0. The predicted molar refractivity (Wildman–Crippen MR) is 114 cm³/mol. The van der Waals surface area contributed by atoms with Gasteiger partial charge in [0, 0.05) is 24.9 Å². The lowest BCUT2D eigenvalue weighted by Gasteiger charge is -2.33. The molecule has 1 amide bonds. The Labute approximate surface area is 170 Å². The van der Waals surface area contributed by atoms with Crippen molar-refractivity contribution in [3.63, 3.8) is 0 Å². The van der Waals surface area contributed by atoms with E-state index in [0.717, 1.165) is 25.8 Å². The van der Waals surface area contributed by atoms with Crippen LogP contribution in [0.4, 0.5) is 0 Å². The number of hydrogen-bond donors (Lipinski definition) is 1. The van der Waals surface area contributed by atoms with Crippen LogP contribution in [0.1, 0.15) is 76.2 Å². The summed E-state index contributed by atoms with van der Waals surface area (Å²) in [4.78, 5) is 24.5. The zero-order chi connectivity index (χ0) is 19.9. The summed E-state index contributed by atoms with van der Waals surface area (Å²) in [5.74, 6) is 1.14. The molecule has 154 valence electrons. The minimum atomic E-state index is -2.23. The van der Waals surface area contributed by atoms with Crippen molar-refractivity contribution in [2.75, 3.05) is 12.7 Å². The highest BCUT2D eigenvalue weighted by atomic mass is 31.1. The zero-order valence-corrected chi connectivity index (χ0v) is 18.0. The third-order valence-electron chi connectivity index (χ3n) is 6.78. The van der Waals surface area contributed by atoms with E-state index in [1.807, 2.05) is 11.0 Å². The number of carbonyl (C=O) groups is 1. The van der Waals surface area contributed by atoms with Crippen LogP contribution in [0.5, 0.6) is 0 Å². The lowest BCUT2D eigenvalue weighted by molar-refractivity contribution is -0.132.